The molecule has 2 aromatic carbocycles. The molecule has 0 unspecified atom stereocenters. The first-order chi connectivity index (χ1) is 14.7. The van der Waals surface area contributed by atoms with Gasteiger partial charge in [-0.1, -0.05) is 30.4 Å². The van der Waals surface area contributed by atoms with E-state index >= 15 is 0 Å². The number of rotatable bonds is 10. The average molecular weight is 407 g/mol. The van der Waals surface area contributed by atoms with Crippen molar-refractivity contribution in [3.05, 3.63) is 83.8 Å². The van der Waals surface area contributed by atoms with Crippen molar-refractivity contribution in [2.45, 2.75) is 39.2 Å². The Morgan fingerprint density at radius 1 is 1.13 bits per heavy atom. The molecule has 0 saturated heterocycles. The summed E-state index contributed by atoms with van der Waals surface area (Å²) >= 11 is 0. The number of amides is 1. The summed E-state index contributed by atoms with van der Waals surface area (Å²) in [5.41, 5.74) is 1.74. The summed E-state index contributed by atoms with van der Waals surface area (Å²) in [7, 11) is 0. The fraction of sp³-hybridized carbons (Fsp3) is 0.280. The van der Waals surface area contributed by atoms with Gasteiger partial charge in [0.1, 0.15) is 0 Å². The highest BCUT2D eigenvalue weighted by Crippen LogP contribution is 2.21. The Kier molecular flexibility index (Phi) is 7.95. The zero-order valence-corrected chi connectivity index (χ0v) is 17.2. The van der Waals surface area contributed by atoms with Gasteiger partial charge in [-0.3, -0.25) is 9.78 Å². The van der Waals surface area contributed by atoms with Crippen molar-refractivity contribution in [3.63, 3.8) is 0 Å². The number of hydrogen-bond acceptors (Lipinski definition) is 3. The average Bonchev–Trinajstić information content (AvgIpc) is 2.78. The quantitative estimate of drug-likeness (QED) is 0.341. The van der Waals surface area contributed by atoms with E-state index in [2.05, 4.69) is 16.4 Å². The highest BCUT2D eigenvalue weighted by Gasteiger charge is 2.12. The lowest BCUT2D eigenvalue weighted by Gasteiger charge is -2.11. The van der Waals surface area contributed by atoms with Gasteiger partial charge in [-0.15, -0.1) is 0 Å². The molecule has 3 rings (SSSR count). The van der Waals surface area contributed by atoms with Crippen LogP contribution in [0.2, 0.25) is 0 Å². The van der Waals surface area contributed by atoms with Crippen LogP contribution in [-0.2, 0) is 6.54 Å². The number of ether oxygens (including phenoxy) is 1. The predicted octanol–water partition coefficient (Wildman–Crippen LogP) is 5.82. The van der Waals surface area contributed by atoms with Crippen LogP contribution in [0.3, 0.4) is 0 Å². The minimum absolute atomic E-state index is 0.0935. The summed E-state index contributed by atoms with van der Waals surface area (Å²) in [5, 5.41) is 3.67. The third-order valence-electron chi connectivity index (χ3n) is 4.86. The molecule has 1 heterocycles. The molecular weight excluding hydrogens is 379 g/mol. The van der Waals surface area contributed by atoms with Crippen molar-refractivity contribution in [2.75, 3.05) is 6.61 Å². The summed E-state index contributed by atoms with van der Waals surface area (Å²) < 4.78 is 20.3. The summed E-state index contributed by atoms with van der Waals surface area (Å²) in [6, 6.07) is 14.1. The van der Waals surface area contributed by atoms with Crippen LogP contribution < -0.4 is 10.1 Å². The van der Waals surface area contributed by atoms with E-state index < -0.39 is 5.82 Å². The van der Waals surface area contributed by atoms with E-state index in [1.807, 2.05) is 25.1 Å². The molecule has 0 spiro atoms. The number of carbonyl (C=O) groups is 1. The molecule has 30 heavy (non-hydrogen) atoms. The van der Waals surface area contributed by atoms with Crippen LogP contribution in [0.4, 0.5) is 4.39 Å². The summed E-state index contributed by atoms with van der Waals surface area (Å²) in [6.45, 7) is 2.59. The summed E-state index contributed by atoms with van der Waals surface area (Å²) in [4.78, 5) is 16.7. The van der Waals surface area contributed by atoms with Crippen molar-refractivity contribution in [3.8, 4) is 5.75 Å². The van der Waals surface area contributed by atoms with E-state index in [0.717, 1.165) is 36.6 Å². The lowest BCUT2D eigenvalue weighted by Crippen LogP contribution is -2.23. The van der Waals surface area contributed by atoms with Gasteiger partial charge in [0.15, 0.2) is 11.6 Å². The lowest BCUT2D eigenvalue weighted by molar-refractivity contribution is 0.0950. The zero-order valence-electron chi connectivity index (χ0n) is 17.2. The first-order valence-electron chi connectivity index (χ1n) is 10.3. The molecule has 0 aliphatic carbocycles. The Labute approximate surface area is 176 Å². The SMILES string of the molecule is C/C=C/CCCCCOc1cccc(CNC(=O)c2ccc3ncccc3c2)c1F. The van der Waals surface area contributed by atoms with E-state index in [4.69, 9.17) is 4.74 Å². The number of nitrogens with zero attached hydrogens (tertiary/aromatic N) is 1. The number of fused-ring (bicyclic) bond motifs is 1. The Morgan fingerprint density at radius 2 is 2.03 bits per heavy atom. The van der Waals surface area contributed by atoms with Gasteiger partial charge in [0, 0.05) is 29.3 Å². The van der Waals surface area contributed by atoms with Crippen LogP contribution in [-0.4, -0.2) is 17.5 Å². The van der Waals surface area contributed by atoms with Crippen LogP contribution in [0.25, 0.3) is 10.9 Å². The zero-order chi connectivity index (χ0) is 21.2. The molecule has 1 amide bonds. The molecule has 1 aromatic heterocycles. The van der Waals surface area contributed by atoms with E-state index in [-0.39, 0.29) is 18.2 Å². The molecule has 1 N–H and O–H groups in total. The Morgan fingerprint density at radius 3 is 2.90 bits per heavy atom. The number of unbranched alkanes of at least 4 members (excludes halogenated alkanes) is 3. The number of aromatic nitrogens is 1. The minimum Gasteiger partial charge on any atom is -0.491 e. The van der Waals surface area contributed by atoms with Crippen LogP contribution in [0.15, 0.2) is 66.9 Å². The first-order valence-corrected chi connectivity index (χ1v) is 10.3. The van der Waals surface area contributed by atoms with Crippen molar-refractivity contribution < 1.29 is 13.9 Å². The van der Waals surface area contributed by atoms with Gasteiger partial charge >= 0.3 is 0 Å². The number of benzene rings is 2. The number of halogens is 1. The van der Waals surface area contributed by atoms with Crippen molar-refractivity contribution in [1.82, 2.24) is 10.3 Å². The molecule has 0 aliphatic heterocycles. The second-order valence-corrected chi connectivity index (χ2v) is 7.09. The van der Waals surface area contributed by atoms with Gasteiger partial charge in [0.25, 0.3) is 5.91 Å². The fourth-order valence-electron chi connectivity index (χ4n) is 3.19. The van der Waals surface area contributed by atoms with Crippen LogP contribution >= 0.6 is 0 Å². The van der Waals surface area contributed by atoms with Gasteiger partial charge in [-0.05, 0) is 62.9 Å². The predicted molar refractivity (Wildman–Crippen MR) is 118 cm³/mol. The lowest BCUT2D eigenvalue weighted by atomic mass is 10.1. The van der Waals surface area contributed by atoms with Crippen LogP contribution in [0, 0.1) is 5.82 Å². The van der Waals surface area contributed by atoms with E-state index in [9.17, 15) is 9.18 Å². The maximum Gasteiger partial charge on any atom is 0.251 e. The van der Waals surface area contributed by atoms with Crippen molar-refractivity contribution >= 4 is 16.8 Å². The number of hydrogen-bond donors (Lipinski definition) is 1. The normalized spacial score (nSPS) is 11.1. The number of pyridine rings is 1. The van der Waals surface area contributed by atoms with Gasteiger partial charge in [0.2, 0.25) is 0 Å². The maximum atomic E-state index is 14.7. The highest BCUT2D eigenvalue weighted by molar-refractivity contribution is 5.97. The Hall–Kier alpha value is -3.21. The molecular formula is C25H27FN2O2. The summed E-state index contributed by atoms with van der Waals surface area (Å²) in [5.74, 6) is -0.450. The molecule has 0 saturated carbocycles. The Balaban J connectivity index is 1.53. The molecule has 0 atom stereocenters. The molecule has 4 nitrogen and oxygen atoms in total. The van der Waals surface area contributed by atoms with Crippen molar-refractivity contribution in [2.24, 2.45) is 0 Å². The largest absolute Gasteiger partial charge is 0.491 e. The molecule has 0 aliphatic rings. The third kappa shape index (κ3) is 5.89. The van der Waals surface area contributed by atoms with Gasteiger partial charge in [-0.2, -0.15) is 0 Å². The van der Waals surface area contributed by atoms with Gasteiger partial charge in [0.05, 0.1) is 12.1 Å². The first kappa shape index (κ1) is 21.5. The molecule has 3 aromatic rings. The highest BCUT2D eigenvalue weighted by atomic mass is 19.1. The van der Waals surface area contributed by atoms with Crippen LogP contribution in [0.5, 0.6) is 5.75 Å². The standard InChI is InChI=1S/C25H27FN2O2/c1-2-3-4-5-6-7-16-30-23-12-8-10-21(24(23)26)18-28-25(29)20-13-14-22-19(17-20)11-9-15-27-22/h2-3,8-15,17H,4-7,16,18H2,1H3,(H,28,29)/b3-2+. The van der Waals surface area contributed by atoms with Gasteiger partial charge < -0.3 is 10.1 Å². The number of allylic oxidation sites excluding steroid dienone is 2. The Bertz CT molecular complexity index is 1020. The van der Waals surface area contributed by atoms with Crippen LogP contribution in [0.1, 0.15) is 48.5 Å². The van der Waals surface area contributed by atoms with E-state index in [1.165, 1.54) is 0 Å². The number of nitrogens with one attached hydrogen (secondary N) is 1. The number of carbonyl (C=O) groups excluding carboxylic acids is 1. The molecule has 156 valence electrons. The van der Waals surface area contributed by atoms with E-state index in [1.54, 1.807) is 42.6 Å². The topological polar surface area (TPSA) is 51.2 Å². The molecule has 0 bridgehead atoms. The van der Waals surface area contributed by atoms with Crippen molar-refractivity contribution in [1.29, 1.82) is 0 Å². The summed E-state index contributed by atoms with van der Waals surface area (Å²) in [6.07, 6.45) is 10.0. The molecule has 5 heteroatoms. The molecule has 0 fully saturated rings. The maximum absolute atomic E-state index is 14.7. The minimum atomic E-state index is -0.422. The van der Waals surface area contributed by atoms with E-state index in [0.29, 0.717) is 17.7 Å². The van der Waals surface area contributed by atoms with Gasteiger partial charge in [-0.25, -0.2) is 4.39 Å². The fourth-order valence-corrected chi connectivity index (χ4v) is 3.19. The monoisotopic (exact) mass is 406 g/mol. The second-order valence-electron chi connectivity index (χ2n) is 7.09. The smallest absolute Gasteiger partial charge is 0.251 e. The third-order valence-corrected chi connectivity index (χ3v) is 4.86. The second kappa shape index (κ2) is 11.1. The molecule has 0 radical (unpaired) electrons.